The number of halogens is 9. The normalized spacial score (nSPS) is 32.1. The molecule has 0 aromatic heterocycles. The molecule has 4 nitrogen and oxygen atoms in total. The lowest BCUT2D eigenvalue weighted by Gasteiger charge is -2.28. The Morgan fingerprint density at radius 3 is 1.82 bits per heavy atom. The van der Waals surface area contributed by atoms with Crippen LogP contribution in [0.25, 0.3) is 0 Å². The van der Waals surface area contributed by atoms with Crippen molar-refractivity contribution in [3.63, 3.8) is 0 Å². The van der Waals surface area contributed by atoms with Crippen molar-refractivity contribution in [2.45, 2.75) is 43.4 Å². The van der Waals surface area contributed by atoms with Gasteiger partial charge in [-0.15, -0.1) is 0 Å². The van der Waals surface area contributed by atoms with Crippen LogP contribution in [0, 0.1) is 0 Å². The molecule has 130 valence electrons. The molecular weight excluding hydrogens is 343 g/mol. The highest BCUT2D eigenvalue weighted by molar-refractivity contribution is 5.79. The highest BCUT2D eigenvalue weighted by atomic mass is 19.4. The van der Waals surface area contributed by atoms with E-state index in [4.69, 9.17) is 0 Å². The second-order valence-electron chi connectivity index (χ2n) is 4.06. The van der Waals surface area contributed by atoms with Gasteiger partial charge in [0.25, 0.3) is 0 Å². The third kappa shape index (κ3) is 2.59. The smallest absolute Gasteiger partial charge is 0.458 e. The summed E-state index contributed by atoms with van der Waals surface area (Å²) in [6, 6.07) is 0. The van der Waals surface area contributed by atoms with Crippen LogP contribution in [0.4, 0.5) is 39.5 Å². The Labute approximate surface area is 116 Å². The molecule has 0 bridgehead atoms. The average Bonchev–Trinajstić information content (AvgIpc) is 2.54. The van der Waals surface area contributed by atoms with E-state index in [-0.39, 0.29) is 6.42 Å². The zero-order valence-corrected chi connectivity index (χ0v) is 10.4. The third-order valence-electron chi connectivity index (χ3n) is 2.37. The highest BCUT2D eigenvalue weighted by Gasteiger charge is 2.89. The van der Waals surface area contributed by atoms with Gasteiger partial charge >= 0.3 is 36.1 Å². The molecule has 0 aromatic carbocycles. The van der Waals surface area contributed by atoms with Crippen LogP contribution in [0.2, 0.25) is 0 Å². The van der Waals surface area contributed by atoms with Gasteiger partial charge in [0.05, 0.1) is 6.61 Å². The standard InChI is InChI=1S/C9H7F9O4/c1-2-3-20-4(19)5(7(11,12)13)21-6(10,8(14,15)16)9(17,18)22-5/h2-3H2,1H3. The largest absolute Gasteiger partial charge is 0.461 e. The molecule has 0 amide bonds. The van der Waals surface area contributed by atoms with Crippen LogP contribution in [0.3, 0.4) is 0 Å². The number of hydrogen-bond acceptors (Lipinski definition) is 4. The van der Waals surface area contributed by atoms with E-state index in [1.807, 2.05) is 0 Å². The Morgan fingerprint density at radius 2 is 1.50 bits per heavy atom. The molecule has 0 aromatic rings. The van der Waals surface area contributed by atoms with Gasteiger partial charge in [-0.25, -0.2) is 4.79 Å². The number of hydrogen-bond donors (Lipinski definition) is 0. The van der Waals surface area contributed by atoms with E-state index in [1.165, 1.54) is 6.92 Å². The van der Waals surface area contributed by atoms with Crippen molar-refractivity contribution in [3.8, 4) is 0 Å². The second-order valence-corrected chi connectivity index (χ2v) is 4.06. The van der Waals surface area contributed by atoms with Crippen LogP contribution >= 0.6 is 0 Å². The van der Waals surface area contributed by atoms with E-state index >= 15 is 0 Å². The lowest BCUT2D eigenvalue weighted by molar-refractivity contribution is -0.398. The van der Waals surface area contributed by atoms with E-state index in [9.17, 15) is 44.3 Å². The Bertz CT molecular complexity index is 445. The summed E-state index contributed by atoms with van der Waals surface area (Å²) in [6.45, 7) is 0.508. The van der Waals surface area contributed by atoms with E-state index in [0.717, 1.165) is 0 Å². The first-order valence-electron chi connectivity index (χ1n) is 5.42. The van der Waals surface area contributed by atoms with E-state index in [1.54, 1.807) is 0 Å². The van der Waals surface area contributed by atoms with Gasteiger partial charge in [-0.05, 0) is 6.42 Å². The predicted octanol–water partition coefficient (Wildman–Crippen LogP) is 3.07. The summed E-state index contributed by atoms with van der Waals surface area (Å²) < 4.78 is 124. The molecule has 1 heterocycles. The Hall–Kier alpha value is -1.24. The van der Waals surface area contributed by atoms with E-state index in [0.29, 0.717) is 0 Å². The molecule has 13 heteroatoms. The van der Waals surface area contributed by atoms with E-state index < -0.39 is 42.7 Å². The van der Waals surface area contributed by atoms with Crippen LogP contribution < -0.4 is 0 Å². The van der Waals surface area contributed by atoms with Crippen LogP contribution in [0.15, 0.2) is 0 Å². The van der Waals surface area contributed by atoms with Crippen LogP contribution in [-0.2, 0) is 19.0 Å². The van der Waals surface area contributed by atoms with Gasteiger partial charge in [0.2, 0.25) is 0 Å². The zero-order chi connectivity index (χ0) is 17.6. The molecule has 0 spiro atoms. The predicted molar refractivity (Wildman–Crippen MR) is 47.0 cm³/mol. The molecule has 0 radical (unpaired) electrons. The molecule has 1 saturated heterocycles. The lowest BCUT2D eigenvalue weighted by Crippen LogP contribution is -2.57. The summed E-state index contributed by atoms with van der Waals surface area (Å²) in [5.74, 6) is -14.2. The highest BCUT2D eigenvalue weighted by Crippen LogP contribution is 2.59. The van der Waals surface area contributed by atoms with Gasteiger partial charge in [0, 0.05) is 0 Å². The summed E-state index contributed by atoms with van der Waals surface area (Å²) >= 11 is 0. The fourth-order valence-corrected chi connectivity index (χ4v) is 1.35. The molecule has 1 aliphatic heterocycles. The van der Waals surface area contributed by atoms with Gasteiger partial charge in [0.15, 0.2) is 0 Å². The van der Waals surface area contributed by atoms with Crippen LogP contribution in [0.1, 0.15) is 13.3 Å². The molecule has 22 heavy (non-hydrogen) atoms. The first-order chi connectivity index (χ1) is 9.65. The molecular formula is C9H7F9O4. The Kier molecular flexibility index (Phi) is 4.40. The van der Waals surface area contributed by atoms with E-state index in [2.05, 4.69) is 14.2 Å². The zero-order valence-electron chi connectivity index (χ0n) is 10.4. The molecule has 2 unspecified atom stereocenters. The molecule has 0 N–H and O–H groups in total. The molecule has 2 atom stereocenters. The molecule has 1 fully saturated rings. The maximum atomic E-state index is 13.4. The average molecular weight is 350 g/mol. The number of esters is 1. The summed E-state index contributed by atoms with van der Waals surface area (Å²) in [5.41, 5.74) is 0. The van der Waals surface area contributed by atoms with Gasteiger partial charge in [0.1, 0.15) is 0 Å². The Balaban J connectivity index is 3.37. The van der Waals surface area contributed by atoms with Crippen molar-refractivity contribution in [3.05, 3.63) is 0 Å². The molecule has 1 aliphatic rings. The van der Waals surface area contributed by atoms with Crippen molar-refractivity contribution in [1.82, 2.24) is 0 Å². The van der Waals surface area contributed by atoms with Crippen LogP contribution in [0.5, 0.6) is 0 Å². The minimum atomic E-state index is -6.62. The van der Waals surface area contributed by atoms with Gasteiger partial charge in [-0.2, -0.15) is 39.5 Å². The fourth-order valence-electron chi connectivity index (χ4n) is 1.35. The lowest BCUT2D eigenvalue weighted by atomic mass is 10.2. The van der Waals surface area contributed by atoms with Gasteiger partial charge in [-0.1, -0.05) is 6.92 Å². The first kappa shape index (κ1) is 18.8. The topological polar surface area (TPSA) is 44.8 Å². The Morgan fingerprint density at radius 1 is 1.00 bits per heavy atom. The number of ether oxygens (including phenoxy) is 3. The van der Waals surface area contributed by atoms with Crippen molar-refractivity contribution >= 4 is 5.97 Å². The summed E-state index contributed by atoms with van der Waals surface area (Å²) in [5, 5.41) is 0. The minimum absolute atomic E-state index is 0.101. The monoisotopic (exact) mass is 350 g/mol. The van der Waals surface area contributed by atoms with Crippen molar-refractivity contribution in [1.29, 1.82) is 0 Å². The fraction of sp³-hybridized carbons (Fsp3) is 0.889. The van der Waals surface area contributed by atoms with Gasteiger partial charge < -0.3 is 4.74 Å². The number of carbonyl (C=O) groups is 1. The van der Waals surface area contributed by atoms with Crippen molar-refractivity contribution < 1.29 is 58.5 Å². The maximum Gasteiger partial charge on any atom is 0.458 e. The van der Waals surface area contributed by atoms with Crippen LogP contribution in [-0.4, -0.2) is 42.7 Å². The summed E-state index contributed by atoms with van der Waals surface area (Å²) in [6.07, 6.45) is -19.1. The second kappa shape index (κ2) is 5.15. The molecule has 1 rings (SSSR count). The minimum Gasteiger partial charge on any atom is -0.461 e. The number of carbonyl (C=O) groups excluding carboxylic acids is 1. The first-order valence-corrected chi connectivity index (χ1v) is 5.42. The SMILES string of the molecule is CCCOC(=O)C1(C(F)(F)F)OC(F)(F)C(F)(C(F)(F)F)O1. The molecule has 0 aliphatic carbocycles. The molecule has 0 saturated carbocycles. The number of alkyl halides is 9. The summed E-state index contributed by atoms with van der Waals surface area (Å²) in [4.78, 5) is 11.2. The van der Waals surface area contributed by atoms with Gasteiger partial charge in [-0.3, -0.25) is 9.47 Å². The van der Waals surface area contributed by atoms with Crippen molar-refractivity contribution in [2.24, 2.45) is 0 Å². The third-order valence-corrected chi connectivity index (χ3v) is 2.37. The van der Waals surface area contributed by atoms with Crippen molar-refractivity contribution in [2.75, 3.05) is 6.61 Å². The number of rotatable bonds is 3. The maximum absolute atomic E-state index is 13.4. The summed E-state index contributed by atoms with van der Waals surface area (Å²) in [7, 11) is 0. The quantitative estimate of drug-likeness (QED) is 0.580.